The molecule has 0 saturated carbocycles. The lowest BCUT2D eigenvalue weighted by molar-refractivity contribution is 0.768. The van der Waals surface area contributed by atoms with Crippen LogP contribution >= 0.6 is 24.0 Å². The Morgan fingerprint density at radius 2 is 2.33 bits per heavy atom. The number of hydrogen-bond acceptors (Lipinski definition) is 2. The largest absolute Gasteiger partial charge is 0.395 e. The first-order valence-corrected chi connectivity index (χ1v) is 2.52. The minimum Gasteiger partial charge on any atom is -0.395 e. The standard InChI is InChI=1S/C4H6ClN3.ClH/c1-8-2-3(6)4(5)7-8;/h2H,6H2,1H3;1H. The maximum atomic E-state index is 5.47. The van der Waals surface area contributed by atoms with Gasteiger partial charge in [-0.25, -0.2) is 0 Å². The predicted molar refractivity (Wildman–Crippen MR) is 39.9 cm³/mol. The number of nitrogens with zero attached hydrogens (tertiary/aromatic N) is 2. The van der Waals surface area contributed by atoms with Crippen molar-refractivity contribution in [2.45, 2.75) is 0 Å². The average molecular weight is 168 g/mol. The van der Waals surface area contributed by atoms with Crippen LogP contribution in [0.4, 0.5) is 5.69 Å². The summed E-state index contributed by atoms with van der Waals surface area (Å²) >= 11 is 5.47. The maximum absolute atomic E-state index is 5.47. The Morgan fingerprint density at radius 1 is 1.78 bits per heavy atom. The second-order valence-corrected chi connectivity index (χ2v) is 1.91. The van der Waals surface area contributed by atoms with Gasteiger partial charge in [-0.15, -0.1) is 12.4 Å². The highest BCUT2D eigenvalue weighted by Crippen LogP contribution is 2.12. The minimum atomic E-state index is 0. The molecule has 0 amide bonds. The number of rotatable bonds is 0. The molecule has 0 aliphatic heterocycles. The molecule has 1 rings (SSSR count). The van der Waals surface area contributed by atoms with E-state index in [-0.39, 0.29) is 12.4 Å². The molecule has 0 aliphatic rings. The van der Waals surface area contributed by atoms with Gasteiger partial charge in [0.25, 0.3) is 0 Å². The van der Waals surface area contributed by atoms with Gasteiger partial charge in [-0.3, -0.25) is 4.68 Å². The Labute approximate surface area is 64.2 Å². The molecule has 9 heavy (non-hydrogen) atoms. The summed E-state index contributed by atoms with van der Waals surface area (Å²) in [4.78, 5) is 0. The fourth-order valence-corrected chi connectivity index (χ4v) is 0.648. The first-order chi connectivity index (χ1) is 3.70. The SMILES string of the molecule is Cl.Cn1cc(N)c(Cl)n1. The molecule has 0 atom stereocenters. The van der Waals surface area contributed by atoms with Gasteiger partial charge < -0.3 is 5.73 Å². The van der Waals surface area contributed by atoms with Crippen molar-refractivity contribution >= 4 is 29.7 Å². The summed E-state index contributed by atoms with van der Waals surface area (Å²) in [5.41, 5.74) is 5.85. The molecule has 0 unspecified atom stereocenters. The Balaban J connectivity index is 0.000000640. The van der Waals surface area contributed by atoms with Crippen LogP contribution in [-0.4, -0.2) is 9.78 Å². The van der Waals surface area contributed by atoms with Crippen molar-refractivity contribution in [3.05, 3.63) is 11.3 Å². The van der Waals surface area contributed by atoms with E-state index >= 15 is 0 Å². The van der Waals surface area contributed by atoms with E-state index in [0.29, 0.717) is 10.8 Å². The molecule has 1 heterocycles. The van der Waals surface area contributed by atoms with Crippen molar-refractivity contribution in [3.8, 4) is 0 Å². The lowest BCUT2D eigenvalue weighted by Crippen LogP contribution is -1.84. The lowest BCUT2D eigenvalue weighted by Gasteiger charge is -1.78. The summed E-state index contributed by atoms with van der Waals surface area (Å²) in [5, 5.41) is 4.14. The Morgan fingerprint density at radius 3 is 2.44 bits per heavy atom. The van der Waals surface area contributed by atoms with Crippen LogP contribution < -0.4 is 5.73 Å². The molecule has 1 aromatic rings. The van der Waals surface area contributed by atoms with Crippen molar-refractivity contribution in [3.63, 3.8) is 0 Å². The summed E-state index contributed by atoms with van der Waals surface area (Å²) in [6.07, 6.45) is 1.66. The van der Waals surface area contributed by atoms with Gasteiger partial charge in [0.15, 0.2) is 5.15 Å². The topological polar surface area (TPSA) is 43.8 Å². The number of nitrogen functional groups attached to an aromatic ring is 1. The van der Waals surface area contributed by atoms with Crippen LogP contribution in [0, 0.1) is 0 Å². The average Bonchev–Trinajstić information content (AvgIpc) is 1.85. The molecule has 52 valence electrons. The van der Waals surface area contributed by atoms with E-state index in [9.17, 15) is 0 Å². The van der Waals surface area contributed by atoms with Crippen molar-refractivity contribution in [1.29, 1.82) is 0 Å². The molecular formula is C4H7Cl2N3. The molecule has 0 fully saturated rings. The van der Waals surface area contributed by atoms with E-state index in [2.05, 4.69) is 5.10 Å². The van der Waals surface area contributed by atoms with E-state index in [1.165, 1.54) is 0 Å². The molecule has 2 N–H and O–H groups in total. The van der Waals surface area contributed by atoms with Gasteiger partial charge in [0, 0.05) is 13.2 Å². The highest BCUT2D eigenvalue weighted by Gasteiger charge is 1.96. The molecule has 5 heteroatoms. The van der Waals surface area contributed by atoms with Crippen molar-refractivity contribution in [2.75, 3.05) is 5.73 Å². The van der Waals surface area contributed by atoms with Gasteiger partial charge in [0.05, 0.1) is 5.69 Å². The van der Waals surface area contributed by atoms with Gasteiger partial charge in [0.2, 0.25) is 0 Å². The minimum absolute atomic E-state index is 0. The zero-order valence-corrected chi connectivity index (χ0v) is 6.41. The first-order valence-electron chi connectivity index (χ1n) is 2.15. The van der Waals surface area contributed by atoms with Gasteiger partial charge in [-0.05, 0) is 0 Å². The number of nitrogens with two attached hydrogens (primary N) is 1. The third kappa shape index (κ3) is 1.77. The normalized spacial score (nSPS) is 8.67. The quantitative estimate of drug-likeness (QED) is 0.629. The van der Waals surface area contributed by atoms with Crippen LogP contribution in [0.15, 0.2) is 6.20 Å². The molecule has 3 nitrogen and oxygen atoms in total. The second-order valence-electron chi connectivity index (χ2n) is 1.55. The van der Waals surface area contributed by atoms with Crippen molar-refractivity contribution in [2.24, 2.45) is 7.05 Å². The van der Waals surface area contributed by atoms with Crippen LogP contribution in [0.3, 0.4) is 0 Å². The number of anilines is 1. The zero-order valence-electron chi connectivity index (χ0n) is 4.84. The van der Waals surface area contributed by atoms with Crippen LogP contribution in [-0.2, 0) is 7.05 Å². The monoisotopic (exact) mass is 167 g/mol. The van der Waals surface area contributed by atoms with Crippen LogP contribution in [0.5, 0.6) is 0 Å². The molecular weight excluding hydrogens is 161 g/mol. The molecule has 0 aromatic carbocycles. The number of aromatic nitrogens is 2. The van der Waals surface area contributed by atoms with Gasteiger partial charge >= 0.3 is 0 Å². The number of aryl methyl sites for hydroxylation is 1. The van der Waals surface area contributed by atoms with E-state index in [1.54, 1.807) is 17.9 Å². The summed E-state index contributed by atoms with van der Waals surface area (Å²) in [5.74, 6) is 0. The summed E-state index contributed by atoms with van der Waals surface area (Å²) in [6, 6.07) is 0. The van der Waals surface area contributed by atoms with Crippen molar-refractivity contribution in [1.82, 2.24) is 9.78 Å². The summed E-state index contributed by atoms with van der Waals surface area (Å²) in [7, 11) is 1.77. The van der Waals surface area contributed by atoms with Crippen molar-refractivity contribution < 1.29 is 0 Å². The highest BCUT2D eigenvalue weighted by molar-refractivity contribution is 6.31. The predicted octanol–water partition coefficient (Wildman–Crippen LogP) is 1.08. The van der Waals surface area contributed by atoms with E-state index in [4.69, 9.17) is 17.3 Å². The lowest BCUT2D eigenvalue weighted by atomic mass is 10.6. The van der Waals surface area contributed by atoms with E-state index in [0.717, 1.165) is 0 Å². The van der Waals surface area contributed by atoms with Crippen LogP contribution in [0.2, 0.25) is 5.15 Å². The van der Waals surface area contributed by atoms with E-state index in [1.807, 2.05) is 0 Å². The van der Waals surface area contributed by atoms with Gasteiger partial charge in [-0.2, -0.15) is 5.10 Å². The third-order valence-corrected chi connectivity index (χ3v) is 1.10. The second kappa shape index (κ2) is 2.94. The first kappa shape index (κ1) is 8.59. The maximum Gasteiger partial charge on any atom is 0.173 e. The highest BCUT2D eigenvalue weighted by atomic mass is 35.5. The molecule has 0 spiro atoms. The number of halogens is 2. The summed E-state index contributed by atoms with van der Waals surface area (Å²) in [6.45, 7) is 0. The fraction of sp³-hybridized carbons (Fsp3) is 0.250. The van der Waals surface area contributed by atoms with Crippen LogP contribution in [0.1, 0.15) is 0 Å². The molecule has 0 aliphatic carbocycles. The van der Waals surface area contributed by atoms with E-state index < -0.39 is 0 Å². The zero-order chi connectivity index (χ0) is 6.15. The van der Waals surface area contributed by atoms with Gasteiger partial charge in [-0.1, -0.05) is 11.6 Å². The molecule has 0 bridgehead atoms. The molecule has 1 aromatic heterocycles. The Kier molecular flexibility index (Phi) is 2.81. The third-order valence-electron chi connectivity index (χ3n) is 0.810. The number of hydrogen-bond donors (Lipinski definition) is 1. The molecule has 0 radical (unpaired) electrons. The molecule has 0 saturated heterocycles. The summed E-state index contributed by atoms with van der Waals surface area (Å²) < 4.78 is 1.57. The Bertz CT molecular complexity index is 176. The fourth-order valence-electron chi connectivity index (χ4n) is 0.480. The smallest absolute Gasteiger partial charge is 0.173 e. The van der Waals surface area contributed by atoms with Crippen LogP contribution in [0.25, 0.3) is 0 Å². The Hall–Kier alpha value is -0.410. The van der Waals surface area contributed by atoms with Gasteiger partial charge in [0.1, 0.15) is 0 Å².